The van der Waals surface area contributed by atoms with E-state index in [0.29, 0.717) is 6.42 Å². The van der Waals surface area contributed by atoms with Crippen molar-refractivity contribution < 1.29 is 27.7 Å². The molecule has 12 heteroatoms. The Kier molecular flexibility index (Phi) is 9.79. The maximum Gasteiger partial charge on any atom is 0.271 e. The molecule has 0 spiro atoms. The van der Waals surface area contributed by atoms with Gasteiger partial charge in [0.1, 0.15) is 24.0 Å². The Morgan fingerprint density at radius 2 is 1.75 bits per heavy atom. The first-order valence-corrected chi connectivity index (χ1v) is 13.1. The minimum atomic E-state index is -4.07. The van der Waals surface area contributed by atoms with Gasteiger partial charge in [0.2, 0.25) is 21.8 Å². The van der Waals surface area contributed by atoms with Gasteiger partial charge in [0.05, 0.1) is 18.3 Å². The Morgan fingerprint density at radius 1 is 1.11 bits per heavy atom. The van der Waals surface area contributed by atoms with Crippen LogP contribution in [-0.2, 0) is 26.0 Å². The van der Waals surface area contributed by atoms with Crippen LogP contribution in [0.4, 0.5) is 11.4 Å². The lowest BCUT2D eigenvalue weighted by Gasteiger charge is -2.32. The standard InChI is InChI=1S/C24H32N4O7S/c1-17(2)25-24(30)18(3)26(14-13-19-9-7-6-8-10-19)23(29)16-27(36(5,33)34)21-15-20(28(31)32)11-12-22(21)35-4/h6-12,15,17-18H,13-14,16H2,1-5H3,(H,25,30)/t18-/m1/s1. The predicted octanol–water partition coefficient (Wildman–Crippen LogP) is 2.35. The second-order valence-electron chi connectivity index (χ2n) is 8.54. The highest BCUT2D eigenvalue weighted by atomic mass is 32.2. The van der Waals surface area contributed by atoms with E-state index >= 15 is 0 Å². The SMILES string of the molecule is COc1ccc([N+](=O)[O-])cc1N(CC(=O)N(CCc1ccccc1)[C@H](C)C(=O)NC(C)C)S(C)(=O)=O. The van der Waals surface area contributed by atoms with Gasteiger partial charge < -0.3 is 15.0 Å². The molecule has 2 amide bonds. The van der Waals surface area contributed by atoms with Crippen molar-refractivity contribution >= 4 is 33.2 Å². The summed E-state index contributed by atoms with van der Waals surface area (Å²) in [6, 6.07) is 11.8. The lowest BCUT2D eigenvalue weighted by Crippen LogP contribution is -2.53. The maximum absolute atomic E-state index is 13.5. The Hall–Kier alpha value is -3.67. The molecule has 2 aromatic carbocycles. The number of rotatable bonds is 12. The van der Waals surface area contributed by atoms with Crippen molar-refractivity contribution in [1.29, 1.82) is 0 Å². The number of sulfonamides is 1. The van der Waals surface area contributed by atoms with Crippen molar-refractivity contribution in [2.24, 2.45) is 0 Å². The zero-order valence-corrected chi connectivity index (χ0v) is 21.8. The molecule has 0 saturated heterocycles. The number of methoxy groups -OCH3 is 1. The van der Waals surface area contributed by atoms with Gasteiger partial charge in [0, 0.05) is 24.7 Å². The molecule has 2 rings (SSSR count). The van der Waals surface area contributed by atoms with E-state index in [0.717, 1.165) is 22.2 Å². The van der Waals surface area contributed by atoms with Crippen molar-refractivity contribution in [3.05, 3.63) is 64.2 Å². The summed E-state index contributed by atoms with van der Waals surface area (Å²) in [6.45, 7) is 4.63. The molecule has 1 atom stereocenters. The van der Waals surface area contributed by atoms with E-state index in [1.165, 1.54) is 24.1 Å². The number of carbonyl (C=O) groups excluding carboxylic acids is 2. The number of benzene rings is 2. The molecule has 0 aliphatic heterocycles. The van der Waals surface area contributed by atoms with Gasteiger partial charge in [-0.05, 0) is 38.8 Å². The third-order valence-corrected chi connectivity index (χ3v) is 6.53. The summed E-state index contributed by atoms with van der Waals surface area (Å²) in [7, 11) is -2.78. The average Bonchev–Trinajstić information content (AvgIpc) is 2.81. The Balaban J connectivity index is 2.44. The summed E-state index contributed by atoms with van der Waals surface area (Å²) in [5.74, 6) is -0.984. The normalized spacial score (nSPS) is 12.1. The van der Waals surface area contributed by atoms with Gasteiger partial charge in [-0.25, -0.2) is 8.42 Å². The third-order valence-electron chi connectivity index (χ3n) is 5.40. The van der Waals surface area contributed by atoms with Crippen LogP contribution in [0.15, 0.2) is 48.5 Å². The Bertz CT molecular complexity index is 1190. The minimum absolute atomic E-state index is 0.0419. The van der Waals surface area contributed by atoms with Gasteiger partial charge in [-0.3, -0.25) is 24.0 Å². The molecular weight excluding hydrogens is 488 g/mol. The highest BCUT2D eigenvalue weighted by Gasteiger charge is 2.31. The lowest BCUT2D eigenvalue weighted by molar-refractivity contribution is -0.384. The number of nitro benzene ring substituents is 1. The fourth-order valence-corrected chi connectivity index (χ4v) is 4.40. The number of hydrogen-bond acceptors (Lipinski definition) is 7. The quantitative estimate of drug-likeness (QED) is 0.335. The molecular formula is C24H32N4O7S. The highest BCUT2D eigenvalue weighted by molar-refractivity contribution is 7.92. The molecule has 0 saturated carbocycles. The predicted molar refractivity (Wildman–Crippen MR) is 136 cm³/mol. The van der Waals surface area contributed by atoms with Crippen LogP contribution in [0.25, 0.3) is 0 Å². The lowest BCUT2D eigenvalue weighted by atomic mass is 10.1. The van der Waals surface area contributed by atoms with Gasteiger partial charge in [0.15, 0.2) is 0 Å². The summed E-state index contributed by atoms with van der Waals surface area (Å²) in [5, 5.41) is 14.1. The van der Waals surface area contributed by atoms with Gasteiger partial charge in [-0.15, -0.1) is 0 Å². The summed E-state index contributed by atoms with van der Waals surface area (Å²) in [6.07, 6.45) is 1.33. The topological polar surface area (TPSA) is 139 Å². The molecule has 11 nitrogen and oxygen atoms in total. The van der Waals surface area contributed by atoms with Crippen LogP contribution < -0.4 is 14.4 Å². The van der Waals surface area contributed by atoms with Crippen LogP contribution in [0.5, 0.6) is 5.75 Å². The molecule has 1 N–H and O–H groups in total. The van der Waals surface area contributed by atoms with Gasteiger partial charge in [-0.2, -0.15) is 0 Å². The van der Waals surface area contributed by atoms with Crippen LogP contribution >= 0.6 is 0 Å². The average molecular weight is 521 g/mol. The molecule has 36 heavy (non-hydrogen) atoms. The largest absolute Gasteiger partial charge is 0.495 e. The number of nitrogens with one attached hydrogen (secondary N) is 1. The number of hydrogen-bond donors (Lipinski definition) is 1. The van der Waals surface area contributed by atoms with Crippen LogP contribution in [0, 0.1) is 10.1 Å². The summed E-state index contributed by atoms with van der Waals surface area (Å²) >= 11 is 0. The zero-order valence-electron chi connectivity index (χ0n) is 21.0. The number of non-ortho nitro benzene ring substituents is 1. The number of anilines is 1. The van der Waals surface area contributed by atoms with E-state index in [2.05, 4.69) is 5.32 Å². The second-order valence-corrected chi connectivity index (χ2v) is 10.5. The first-order valence-electron chi connectivity index (χ1n) is 11.3. The van der Waals surface area contributed by atoms with Crippen molar-refractivity contribution in [1.82, 2.24) is 10.2 Å². The van der Waals surface area contributed by atoms with Gasteiger partial charge in [0.25, 0.3) is 5.69 Å². The van der Waals surface area contributed by atoms with Gasteiger partial charge >= 0.3 is 0 Å². The smallest absolute Gasteiger partial charge is 0.271 e. The second kappa shape index (κ2) is 12.3. The molecule has 0 heterocycles. The Morgan fingerprint density at radius 3 is 2.28 bits per heavy atom. The number of amides is 2. The number of nitro groups is 1. The first-order chi connectivity index (χ1) is 16.8. The highest BCUT2D eigenvalue weighted by Crippen LogP contribution is 2.33. The molecule has 0 unspecified atom stereocenters. The minimum Gasteiger partial charge on any atom is -0.495 e. The fourth-order valence-electron chi connectivity index (χ4n) is 3.56. The molecule has 0 aliphatic carbocycles. The van der Waals surface area contributed by atoms with Crippen LogP contribution in [0.3, 0.4) is 0 Å². The first kappa shape index (κ1) is 28.6. The molecule has 196 valence electrons. The van der Waals surface area contributed by atoms with E-state index in [1.807, 2.05) is 30.3 Å². The van der Waals surface area contributed by atoms with Crippen molar-refractivity contribution in [3.63, 3.8) is 0 Å². The Labute approximate surface area is 211 Å². The number of nitrogens with zero attached hydrogens (tertiary/aromatic N) is 3. The van der Waals surface area contributed by atoms with E-state index < -0.39 is 33.4 Å². The van der Waals surface area contributed by atoms with Crippen LogP contribution in [-0.4, -0.2) is 68.6 Å². The van der Waals surface area contributed by atoms with Gasteiger partial charge in [-0.1, -0.05) is 30.3 Å². The molecule has 0 aliphatic rings. The molecule has 0 aromatic heterocycles. The monoisotopic (exact) mass is 520 g/mol. The van der Waals surface area contributed by atoms with E-state index in [4.69, 9.17) is 4.74 Å². The van der Waals surface area contributed by atoms with E-state index in [-0.39, 0.29) is 35.6 Å². The molecule has 0 bridgehead atoms. The molecule has 2 aromatic rings. The summed E-state index contributed by atoms with van der Waals surface area (Å²) in [5.41, 5.74) is 0.425. The third kappa shape index (κ3) is 7.67. The van der Waals surface area contributed by atoms with E-state index in [1.54, 1.807) is 20.8 Å². The van der Waals surface area contributed by atoms with Crippen LogP contribution in [0.1, 0.15) is 26.3 Å². The van der Waals surface area contributed by atoms with Crippen molar-refractivity contribution in [2.75, 3.05) is 30.8 Å². The number of carbonyl (C=O) groups is 2. The molecule has 0 radical (unpaired) electrons. The van der Waals surface area contributed by atoms with Crippen LogP contribution in [0.2, 0.25) is 0 Å². The summed E-state index contributed by atoms with van der Waals surface area (Å²) in [4.78, 5) is 38.2. The molecule has 0 fully saturated rings. The van der Waals surface area contributed by atoms with E-state index in [9.17, 15) is 28.1 Å². The summed E-state index contributed by atoms with van der Waals surface area (Å²) < 4.78 is 31.4. The van der Waals surface area contributed by atoms with Crippen molar-refractivity contribution in [3.8, 4) is 5.75 Å². The van der Waals surface area contributed by atoms with Crippen molar-refractivity contribution in [2.45, 2.75) is 39.3 Å². The zero-order chi connectivity index (χ0) is 27.0. The number of ether oxygens (including phenoxy) is 1. The maximum atomic E-state index is 13.5. The fraction of sp³-hybridized carbons (Fsp3) is 0.417.